The fourth-order valence-electron chi connectivity index (χ4n) is 1.96. The summed E-state index contributed by atoms with van der Waals surface area (Å²) in [5, 5.41) is 0. The highest BCUT2D eigenvalue weighted by molar-refractivity contribution is 5.39. The average Bonchev–Trinajstić information content (AvgIpc) is 2.56. The number of unbranched alkanes of at least 4 members (excludes halogenated alkanes) is 1. The summed E-state index contributed by atoms with van der Waals surface area (Å²) in [6.45, 7) is 5.02. The maximum Gasteiger partial charge on any atom is 0.205 e. The number of nitrogens with zero attached hydrogens (tertiary/aromatic N) is 2. The fourth-order valence-corrected chi connectivity index (χ4v) is 1.96. The number of benzene rings is 1. The molecule has 0 atom stereocenters. The van der Waals surface area contributed by atoms with Crippen molar-refractivity contribution in [3.63, 3.8) is 0 Å². The van der Waals surface area contributed by atoms with Gasteiger partial charge < -0.3 is 4.74 Å². The van der Waals surface area contributed by atoms with Crippen LogP contribution in [0.5, 0.6) is 5.75 Å². The van der Waals surface area contributed by atoms with Crippen molar-refractivity contribution >= 4 is 0 Å². The van der Waals surface area contributed by atoms with Gasteiger partial charge in [0.15, 0.2) is 5.75 Å². The van der Waals surface area contributed by atoms with Crippen LogP contribution in [0.15, 0.2) is 36.7 Å². The summed E-state index contributed by atoms with van der Waals surface area (Å²) in [7, 11) is 0. The molecule has 3 heteroatoms. The highest BCUT2D eigenvalue weighted by atomic mass is 16.5. The summed E-state index contributed by atoms with van der Waals surface area (Å²) in [4.78, 5) is 8.42. The molecule has 1 aromatic heterocycles. The van der Waals surface area contributed by atoms with Crippen molar-refractivity contribution in [3.8, 4) is 17.6 Å². The van der Waals surface area contributed by atoms with Gasteiger partial charge in [-0.15, -0.1) is 0 Å². The largest absolute Gasteiger partial charge is 0.490 e. The van der Waals surface area contributed by atoms with E-state index in [2.05, 4.69) is 47.8 Å². The highest BCUT2D eigenvalue weighted by Crippen LogP contribution is 2.08. The standard InChI is InChI=1S/C19H22N2O/c1-3-5-13-22-18-14-20-19(21-15-18)12-11-17-9-7-16(6-4-2)8-10-17/h7-10,14-15H,3-6,13H2,1-2H3. The molecule has 1 heterocycles. The molecule has 2 aromatic rings. The first-order valence-electron chi connectivity index (χ1n) is 7.87. The number of hydrogen-bond donors (Lipinski definition) is 0. The Labute approximate surface area is 132 Å². The zero-order valence-electron chi connectivity index (χ0n) is 13.3. The lowest BCUT2D eigenvalue weighted by atomic mass is 10.1. The second-order valence-corrected chi connectivity index (χ2v) is 5.14. The van der Waals surface area contributed by atoms with Crippen molar-refractivity contribution in [1.29, 1.82) is 0 Å². The SMILES string of the molecule is CCCCOc1cnc(C#Cc2ccc(CCC)cc2)nc1. The summed E-state index contributed by atoms with van der Waals surface area (Å²) in [5.74, 6) is 7.28. The van der Waals surface area contributed by atoms with E-state index in [-0.39, 0.29) is 0 Å². The minimum Gasteiger partial charge on any atom is -0.490 e. The molecule has 0 fully saturated rings. The zero-order valence-corrected chi connectivity index (χ0v) is 13.3. The lowest BCUT2D eigenvalue weighted by molar-refractivity contribution is 0.307. The highest BCUT2D eigenvalue weighted by Gasteiger charge is 1.96. The van der Waals surface area contributed by atoms with Crippen molar-refractivity contribution in [2.24, 2.45) is 0 Å². The van der Waals surface area contributed by atoms with E-state index in [1.54, 1.807) is 12.4 Å². The topological polar surface area (TPSA) is 35.0 Å². The molecule has 2 rings (SSSR count). The molecule has 114 valence electrons. The molecule has 0 bridgehead atoms. The van der Waals surface area contributed by atoms with Gasteiger partial charge in [-0.05, 0) is 36.5 Å². The lowest BCUT2D eigenvalue weighted by Crippen LogP contribution is -1.98. The molecule has 0 unspecified atom stereocenters. The van der Waals surface area contributed by atoms with Gasteiger partial charge in [0.25, 0.3) is 0 Å². The minimum atomic E-state index is 0.514. The van der Waals surface area contributed by atoms with Crippen molar-refractivity contribution in [2.45, 2.75) is 39.5 Å². The Bertz CT molecular complexity index is 621. The van der Waals surface area contributed by atoms with Crippen LogP contribution in [0.25, 0.3) is 0 Å². The van der Waals surface area contributed by atoms with Gasteiger partial charge in [-0.1, -0.05) is 44.7 Å². The molecule has 0 N–H and O–H groups in total. The second kappa shape index (κ2) is 8.84. The van der Waals surface area contributed by atoms with E-state index >= 15 is 0 Å². The first-order chi connectivity index (χ1) is 10.8. The van der Waals surface area contributed by atoms with Gasteiger partial charge in [-0.2, -0.15) is 0 Å². The molecule has 0 saturated heterocycles. The first kappa shape index (κ1) is 16.0. The van der Waals surface area contributed by atoms with Crippen LogP contribution in [0, 0.1) is 11.8 Å². The Morgan fingerprint density at radius 1 is 0.955 bits per heavy atom. The van der Waals surface area contributed by atoms with Crippen LogP contribution in [0.2, 0.25) is 0 Å². The molecule has 1 aromatic carbocycles. The molecular formula is C19H22N2O. The van der Waals surface area contributed by atoms with E-state index in [0.29, 0.717) is 18.2 Å². The third-order valence-corrected chi connectivity index (χ3v) is 3.21. The average molecular weight is 294 g/mol. The number of hydrogen-bond acceptors (Lipinski definition) is 3. The van der Waals surface area contributed by atoms with Crippen LogP contribution in [-0.4, -0.2) is 16.6 Å². The first-order valence-corrected chi connectivity index (χ1v) is 7.87. The van der Waals surface area contributed by atoms with E-state index in [1.807, 2.05) is 12.1 Å². The molecular weight excluding hydrogens is 272 g/mol. The molecule has 0 spiro atoms. The predicted molar refractivity (Wildman–Crippen MR) is 88.9 cm³/mol. The van der Waals surface area contributed by atoms with Gasteiger partial charge in [0.05, 0.1) is 19.0 Å². The van der Waals surface area contributed by atoms with Crippen molar-refractivity contribution in [3.05, 3.63) is 53.6 Å². The number of rotatable bonds is 6. The zero-order chi connectivity index (χ0) is 15.6. The van der Waals surface area contributed by atoms with Gasteiger partial charge in [-0.25, -0.2) is 9.97 Å². The molecule has 0 saturated carbocycles. The molecule has 0 aliphatic rings. The predicted octanol–water partition coefficient (Wildman–Crippen LogP) is 4.01. The fraction of sp³-hybridized carbons (Fsp3) is 0.368. The van der Waals surface area contributed by atoms with Crippen LogP contribution in [0.4, 0.5) is 0 Å². The van der Waals surface area contributed by atoms with Gasteiger partial charge in [0.2, 0.25) is 5.82 Å². The smallest absolute Gasteiger partial charge is 0.205 e. The summed E-state index contributed by atoms with van der Waals surface area (Å²) in [5.41, 5.74) is 2.32. The third kappa shape index (κ3) is 5.21. The molecule has 0 amide bonds. The maximum atomic E-state index is 5.53. The molecule has 22 heavy (non-hydrogen) atoms. The Kier molecular flexibility index (Phi) is 6.44. The van der Waals surface area contributed by atoms with E-state index < -0.39 is 0 Å². The van der Waals surface area contributed by atoms with Gasteiger partial charge in [0.1, 0.15) is 0 Å². The van der Waals surface area contributed by atoms with Gasteiger partial charge >= 0.3 is 0 Å². The summed E-state index contributed by atoms with van der Waals surface area (Å²) >= 11 is 0. The van der Waals surface area contributed by atoms with Crippen LogP contribution in [-0.2, 0) is 6.42 Å². The van der Waals surface area contributed by atoms with E-state index in [9.17, 15) is 0 Å². The Hall–Kier alpha value is -2.34. The quantitative estimate of drug-likeness (QED) is 0.596. The van der Waals surface area contributed by atoms with Crippen LogP contribution >= 0.6 is 0 Å². The minimum absolute atomic E-state index is 0.514. The van der Waals surface area contributed by atoms with Crippen LogP contribution in [0.1, 0.15) is 50.1 Å². The third-order valence-electron chi connectivity index (χ3n) is 3.21. The number of aromatic nitrogens is 2. The van der Waals surface area contributed by atoms with E-state index in [4.69, 9.17) is 4.74 Å². The van der Waals surface area contributed by atoms with E-state index in [1.165, 1.54) is 5.56 Å². The van der Waals surface area contributed by atoms with Crippen molar-refractivity contribution in [2.75, 3.05) is 6.61 Å². The molecule has 0 aliphatic heterocycles. The van der Waals surface area contributed by atoms with Gasteiger partial charge in [0, 0.05) is 5.56 Å². The monoisotopic (exact) mass is 294 g/mol. The lowest BCUT2D eigenvalue weighted by Gasteiger charge is -2.03. The number of ether oxygens (including phenoxy) is 1. The Morgan fingerprint density at radius 3 is 2.32 bits per heavy atom. The molecule has 3 nitrogen and oxygen atoms in total. The molecule has 0 aliphatic carbocycles. The normalized spacial score (nSPS) is 9.91. The summed E-state index contributed by atoms with van der Waals surface area (Å²) in [6.07, 6.45) is 7.77. The Balaban J connectivity index is 1.96. The van der Waals surface area contributed by atoms with Crippen molar-refractivity contribution in [1.82, 2.24) is 9.97 Å². The van der Waals surface area contributed by atoms with Crippen LogP contribution < -0.4 is 4.74 Å². The van der Waals surface area contributed by atoms with Crippen LogP contribution in [0.3, 0.4) is 0 Å². The van der Waals surface area contributed by atoms with E-state index in [0.717, 1.165) is 31.2 Å². The van der Waals surface area contributed by atoms with Gasteiger partial charge in [-0.3, -0.25) is 0 Å². The number of aryl methyl sites for hydroxylation is 1. The molecule has 0 radical (unpaired) electrons. The van der Waals surface area contributed by atoms with Crippen molar-refractivity contribution < 1.29 is 4.74 Å². The maximum absolute atomic E-state index is 5.53. The summed E-state index contributed by atoms with van der Waals surface area (Å²) < 4.78 is 5.53. The second-order valence-electron chi connectivity index (χ2n) is 5.14. The Morgan fingerprint density at radius 2 is 1.68 bits per heavy atom. The summed E-state index contributed by atoms with van der Waals surface area (Å²) in [6, 6.07) is 8.33.